The summed E-state index contributed by atoms with van der Waals surface area (Å²) in [5, 5.41) is 0. The second kappa shape index (κ2) is 3.62. The average Bonchev–Trinajstić information content (AvgIpc) is 2.42. The second-order valence-electron chi connectivity index (χ2n) is 5.15. The second-order valence-corrected chi connectivity index (χ2v) is 5.15. The molecule has 0 spiro atoms. The molecule has 2 aliphatic carbocycles. The standard InChI is InChI=1S/C14H20O/c1-4-11-6-5-10(2)12-7-8-13(15)14(12,3)9-11/h6-7,10H,4-5,8-9H2,1-3H3/t10-,14-/m0/s1. The fourth-order valence-electron chi connectivity index (χ4n) is 3.03. The molecule has 0 heterocycles. The quantitative estimate of drug-likeness (QED) is 0.596. The van der Waals surface area contributed by atoms with Crippen molar-refractivity contribution in [2.24, 2.45) is 11.3 Å². The topological polar surface area (TPSA) is 17.1 Å². The van der Waals surface area contributed by atoms with E-state index in [-0.39, 0.29) is 5.41 Å². The molecule has 0 aromatic rings. The van der Waals surface area contributed by atoms with Gasteiger partial charge < -0.3 is 0 Å². The van der Waals surface area contributed by atoms with Gasteiger partial charge in [-0.3, -0.25) is 4.79 Å². The Balaban J connectivity index is 2.38. The minimum absolute atomic E-state index is 0.169. The summed E-state index contributed by atoms with van der Waals surface area (Å²) in [5.41, 5.74) is 2.69. The summed E-state index contributed by atoms with van der Waals surface area (Å²) < 4.78 is 0. The normalized spacial score (nSPS) is 35.7. The molecule has 2 atom stereocenters. The number of rotatable bonds is 1. The van der Waals surface area contributed by atoms with Crippen molar-refractivity contribution in [2.75, 3.05) is 0 Å². The molecule has 0 aromatic carbocycles. The molecule has 0 N–H and O–H groups in total. The van der Waals surface area contributed by atoms with Crippen molar-refractivity contribution in [3.63, 3.8) is 0 Å². The first-order valence-corrected chi connectivity index (χ1v) is 5.99. The summed E-state index contributed by atoms with van der Waals surface area (Å²) in [6, 6.07) is 0. The van der Waals surface area contributed by atoms with Gasteiger partial charge in [0, 0.05) is 6.42 Å². The summed E-state index contributed by atoms with van der Waals surface area (Å²) in [6.45, 7) is 6.57. The third kappa shape index (κ3) is 1.58. The van der Waals surface area contributed by atoms with Crippen molar-refractivity contribution in [2.45, 2.75) is 46.5 Å². The maximum absolute atomic E-state index is 12.0. The van der Waals surface area contributed by atoms with Crippen molar-refractivity contribution in [1.29, 1.82) is 0 Å². The lowest BCUT2D eigenvalue weighted by Gasteiger charge is -2.28. The smallest absolute Gasteiger partial charge is 0.146 e. The number of ketones is 1. The molecule has 0 radical (unpaired) electrons. The maximum atomic E-state index is 12.0. The Morgan fingerprint density at radius 1 is 1.47 bits per heavy atom. The number of hydrogen-bond donors (Lipinski definition) is 0. The van der Waals surface area contributed by atoms with Crippen molar-refractivity contribution in [1.82, 2.24) is 0 Å². The van der Waals surface area contributed by atoms with E-state index < -0.39 is 0 Å². The molecule has 15 heavy (non-hydrogen) atoms. The highest BCUT2D eigenvalue weighted by molar-refractivity contribution is 5.92. The maximum Gasteiger partial charge on any atom is 0.146 e. The summed E-state index contributed by atoms with van der Waals surface area (Å²) in [6.07, 6.45) is 8.34. The van der Waals surface area contributed by atoms with Crippen molar-refractivity contribution in [3.05, 3.63) is 23.3 Å². The van der Waals surface area contributed by atoms with E-state index in [4.69, 9.17) is 0 Å². The van der Waals surface area contributed by atoms with E-state index in [9.17, 15) is 4.79 Å². The molecule has 1 nitrogen and oxygen atoms in total. The van der Waals surface area contributed by atoms with Gasteiger partial charge in [0.1, 0.15) is 5.78 Å². The number of hydrogen-bond acceptors (Lipinski definition) is 1. The van der Waals surface area contributed by atoms with Crippen molar-refractivity contribution in [3.8, 4) is 0 Å². The van der Waals surface area contributed by atoms with E-state index in [1.165, 1.54) is 11.1 Å². The van der Waals surface area contributed by atoms with Gasteiger partial charge in [0.2, 0.25) is 0 Å². The van der Waals surface area contributed by atoms with E-state index >= 15 is 0 Å². The first-order chi connectivity index (χ1) is 7.08. The third-order valence-electron chi connectivity index (χ3n) is 4.09. The van der Waals surface area contributed by atoms with Crippen LogP contribution in [0.3, 0.4) is 0 Å². The van der Waals surface area contributed by atoms with Crippen LogP contribution in [0.1, 0.15) is 46.5 Å². The first kappa shape index (κ1) is 10.7. The Morgan fingerprint density at radius 2 is 2.20 bits per heavy atom. The zero-order valence-corrected chi connectivity index (χ0v) is 9.97. The van der Waals surface area contributed by atoms with Gasteiger partial charge in [-0.1, -0.05) is 37.1 Å². The summed E-state index contributed by atoms with van der Waals surface area (Å²) in [7, 11) is 0. The molecule has 0 bridgehead atoms. The first-order valence-electron chi connectivity index (χ1n) is 5.99. The number of allylic oxidation sites excluding steroid dienone is 4. The number of carbonyl (C=O) groups excluding carboxylic acids is 1. The zero-order valence-electron chi connectivity index (χ0n) is 9.97. The van der Waals surface area contributed by atoms with Crippen LogP contribution in [0.2, 0.25) is 0 Å². The molecule has 0 saturated heterocycles. The largest absolute Gasteiger partial charge is 0.298 e. The van der Waals surface area contributed by atoms with Crippen molar-refractivity contribution < 1.29 is 4.79 Å². The minimum Gasteiger partial charge on any atom is -0.298 e. The Bertz CT molecular complexity index is 348. The number of carbonyl (C=O) groups is 1. The minimum atomic E-state index is -0.169. The van der Waals surface area contributed by atoms with E-state index in [0.717, 1.165) is 19.3 Å². The summed E-state index contributed by atoms with van der Waals surface area (Å²) in [5.74, 6) is 0.969. The SMILES string of the molecule is CCC1=CC[C@H](C)C2=CCC(=O)[C@@]2(C)C1. The Kier molecular flexibility index (Phi) is 2.57. The van der Waals surface area contributed by atoms with Crippen LogP contribution in [0.25, 0.3) is 0 Å². The highest BCUT2D eigenvalue weighted by Crippen LogP contribution is 2.47. The van der Waals surface area contributed by atoms with Gasteiger partial charge >= 0.3 is 0 Å². The Hall–Kier alpha value is -0.850. The zero-order chi connectivity index (χ0) is 11.1. The van der Waals surface area contributed by atoms with E-state index in [2.05, 4.69) is 32.9 Å². The van der Waals surface area contributed by atoms with Gasteiger partial charge in [-0.15, -0.1) is 0 Å². The van der Waals surface area contributed by atoms with Crippen LogP contribution in [0.4, 0.5) is 0 Å². The molecule has 2 aliphatic rings. The van der Waals surface area contributed by atoms with E-state index in [0.29, 0.717) is 18.1 Å². The Labute approximate surface area is 92.3 Å². The lowest BCUT2D eigenvalue weighted by atomic mass is 9.74. The van der Waals surface area contributed by atoms with E-state index in [1.807, 2.05) is 0 Å². The summed E-state index contributed by atoms with van der Waals surface area (Å²) in [4.78, 5) is 12.0. The fourth-order valence-corrected chi connectivity index (χ4v) is 3.03. The molecule has 0 aromatic heterocycles. The Morgan fingerprint density at radius 3 is 2.87 bits per heavy atom. The molecular weight excluding hydrogens is 184 g/mol. The number of fused-ring (bicyclic) bond motifs is 1. The predicted octanol–water partition coefficient (Wildman–Crippen LogP) is 3.66. The molecule has 2 rings (SSSR count). The fraction of sp³-hybridized carbons (Fsp3) is 0.643. The van der Waals surface area contributed by atoms with Gasteiger partial charge in [0.15, 0.2) is 0 Å². The molecule has 0 fully saturated rings. The monoisotopic (exact) mass is 204 g/mol. The van der Waals surface area contributed by atoms with Crippen LogP contribution >= 0.6 is 0 Å². The predicted molar refractivity (Wildman–Crippen MR) is 62.6 cm³/mol. The van der Waals surface area contributed by atoms with Crippen LogP contribution in [0.5, 0.6) is 0 Å². The highest BCUT2D eigenvalue weighted by atomic mass is 16.1. The van der Waals surface area contributed by atoms with Crippen molar-refractivity contribution >= 4 is 5.78 Å². The molecule has 0 saturated carbocycles. The average molecular weight is 204 g/mol. The number of Topliss-reactive ketones (excluding diaryl/α,β-unsaturated/α-hetero) is 1. The van der Waals surface area contributed by atoms with Crippen LogP contribution in [-0.2, 0) is 4.79 Å². The summed E-state index contributed by atoms with van der Waals surface area (Å²) >= 11 is 0. The van der Waals surface area contributed by atoms with Gasteiger partial charge in [0.25, 0.3) is 0 Å². The molecule has 0 aliphatic heterocycles. The van der Waals surface area contributed by atoms with Crippen LogP contribution < -0.4 is 0 Å². The van der Waals surface area contributed by atoms with E-state index in [1.54, 1.807) is 0 Å². The molecule has 0 amide bonds. The van der Waals surface area contributed by atoms with Gasteiger partial charge in [-0.05, 0) is 32.1 Å². The highest BCUT2D eigenvalue weighted by Gasteiger charge is 2.43. The lowest BCUT2D eigenvalue weighted by Crippen LogP contribution is -2.27. The van der Waals surface area contributed by atoms with Crippen LogP contribution in [-0.4, -0.2) is 5.78 Å². The lowest BCUT2D eigenvalue weighted by molar-refractivity contribution is -0.124. The van der Waals surface area contributed by atoms with Gasteiger partial charge in [-0.25, -0.2) is 0 Å². The molecule has 0 unspecified atom stereocenters. The van der Waals surface area contributed by atoms with Gasteiger partial charge in [0.05, 0.1) is 5.41 Å². The van der Waals surface area contributed by atoms with Crippen LogP contribution in [0.15, 0.2) is 23.3 Å². The molecular formula is C14H20O. The van der Waals surface area contributed by atoms with Gasteiger partial charge in [-0.2, -0.15) is 0 Å². The third-order valence-corrected chi connectivity index (χ3v) is 4.09. The molecule has 82 valence electrons. The molecule has 1 heteroatoms. The van der Waals surface area contributed by atoms with Crippen LogP contribution in [0, 0.1) is 11.3 Å².